The molecule has 1 rings (SSSR count). The number of piperazine rings is 1. The Morgan fingerprint density at radius 1 is 1.42 bits per heavy atom. The molecule has 0 aromatic rings. The van der Waals surface area contributed by atoms with E-state index in [0.717, 1.165) is 32.7 Å². The number of nitrogens with one attached hydrogen (secondary N) is 1. The van der Waals surface area contributed by atoms with E-state index in [-0.39, 0.29) is 0 Å². The first-order chi connectivity index (χ1) is 5.79. The van der Waals surface area contributed by atoms with Crippen LogP contribution in [0.1, 0.15) is 13.8 Å². The van der Waals surface area contributed by atoms with Crippen molar-refractivity contribution < 1.29 is 0 Å². The average molecular weight is 170 g/mol. The molecule has 1 fully saturated rings. The fraction of sp³-hybridized carbons (Fsp3) is 0.889. The van der Waals surface area contributed by atoms with Gasteiger partial charge in [-0.1, -0.05) is 13.8 Å². The highest BCUT2D eigenvalue weighted by Crippen LogP contribution is 2.13. The van der Waals surface area contributed by atoms with E-state index in [1.165, 1.54) is 6.17 Å². The molecule has 1 aliphatic heterocycles. The molecule has 3 heteroatoms. The van der Waals surface area contributed by atoms with Gasteiger partial charge in [0, 0.05) is 19.6 Å². The maximum Gasteiger partial charge on any atom is 0.120 e. The number of nitrogens with zero attached hydrogens (tertiary/aromatic N) is 2. The van der Waals surface area contributed by atoms with Crippen molar-refractivity contribution in [3.8, 4) is 0 Å². The van der Waals surface area contributed by atoms with Gasteiger partial charge in [-0.15, -0.1) is 0 Å². The van der Waals surface area contributed by atoms with Crippen LogP contribution in [0.15, 0.2) is 0 Å². The molecule has 1 saturated heterocycles. The van der Waals surface area contributed by atoms with Gasteiger partial charge in [0.05, 0.1) is 0 Å². The second-order valence-corrected chi connectivity index (χ2v) is 3.19. The summed E-state index contributed by atoms with van der Waals surface area (Å²) in [5.74, 6) is 0. The molecule has 3 nitrogen and oxygen atoms in total. The van der Waals surface area contributed by atoms with E-state index in [1.54, 1.807) is 0 Å². The molecule has 0 aromatic heterocycles. The molecule has 0 spiro atoms. The van der Waals surface area contributed by atoms with Gasteiger partial charge in [-0.3, -0.25) is 9.80 Å². The van der Waals surface area contributed by atoms with E-state index in [2.05, 4.69) is 36.0 Å². The Morgan fingerprint density at radius 3 is 2.58 bits per heavy atom. The molecular weight excluding hydrogens is 150 g/mol. The van der Waals surface area contributed by atoms with Crippen molar-refractivity contribution in [2.75, 3.05) is 39.8 Å². The summed E-state index contributed by atoms with van der Waals surface area (Å²) >= 11 is 0. The SMILES string of the molecule is CCN(CC)[C]1CNCCN1C. The highest BCUT2D eigenvalue weighted by molar-refractivity contribution is 4.93. The Hall–Kier alpha value is -0.120. The van der Waals surface area contributed by atoms with Crippen molar-refractivity contribution in [3.05, 3.63) is 6.17 Å². The van der Waals surface area contributed by atoms with Crippen LogP contribution in [0.25, 0.3) is 0 Å². The van der Waals surface area contributed by atoms with E-state index in [4.69, 9.17) is 0 Å². The maximum atomic E-state index is 3.39. The summed E-state index contributed by atoms with van der Waals surface area (Å²) in [7, 11) is 2.18. The Morgan fingerprint density at radius 2 is 2.08 bits per heavy atom. The molecule has 0 bridgehead atoms. The lowest BCUT2D eigenvalue weighted by Gasteiger charge is -2.38. The number of hydrogen-bond acceptors (Lipinski definition) is 3. The van der Waals surface area contributed by atoms with Crippen molar-refractivity contribution in [2.45, 2.75) is 13.8 Å². The minimum Gasteiger partial charge on any atom is -0.312 e. The third-order valence-electron chi connectivity index (χ3n) is 2.48. The van der Waals surface area contributed by atoms with Crippen LogP contribution in [-0.4, -0.2) is 49.6 Å². The van der Waals surface area contributed by atoms with Gasteiger partial charge in [-0.25, -0.2) is 0 Å². The number of rotatable bonds is 3. The first kappa shape index (κ1) is 9.96. The van der Waals surface area contributed by atoms with Crippen LogP contribution in [0, 0.1) is 6.17 Å². The summed E-state index contributed by atoms with van der Waals surface area (Å²) in [5, 5.41) is 3.39. The van der Waals surface area contributed by atoms with Crippen molar-refractivity contribution >= 4 is 0 Å². The summed E-state index contributed by atoms with van der Waals surface area (Å²) in [6, 6.07) is 0. The zero-order valence-electron chi connectivity index (χ0n) is 8.43. The molecule has 1 aliphatic rings. The van der Waals surface area contributed by atoms with Crippen LogP contribution >= 0.6 is 0 Å². The van der Waals surface area contributed by atoms with Crippen LogP contribution < -0.4 is 5.32 Å². The zero-order chi connectivity index (χ0) is 8.97. The number of likely N-dealkylation sites (N-methyl/N-ethyl adjacent to an activating group) is 2. The Balaban J connectivity index is 2.45. The molecule has 0 unspecified atom stereocenters. The third kappa shape index (κ3) is 2.19. The van der Waals surface area contributed by atoms with Crippen LogP contribution in [0.3, 0.4) is 0 Å². The molecule has 0 atom stereocenters. The van der Waals surface area contributed by atoms with E-state index < -0.39 is 0 Å². The summed E-state index contributed by atoms with van der Waals surface area (Å²) in [4.78, 5) is 4.76. The second-order valence-electron chi connectivity index (χ2n) is 3.19. The monoisotopic (exact) mass is 170 g/mol. The zero-order valence-corrected chi connectivity index (χ0v) is 8.43. The Kier molecular flexibility index (Phi) is 3.98. The third-order valence-corrected chi connectivity index (χ3v) is 2.48. The van der Waals surface area contributed by atoms with Gasteiger partial charge in [-0.05, 0) is 20.1 Å². The smallest absolute Gasteiger partial charge is 0.120 e. The lowest BCUT2D eigenvalue weighted by Crippen LogP contribution is -2.51. The van der Waals surface area contributed by atoms with Crippen LogP contribution in [0.5, 0.6) is 0 Å². The normalized spacial score (nSPS) is 22.0. The van der Waals surface area contributed by atoms with Gasteiger partial charge < -0.3 is 5.32 Å². The van der Waals surface area contributed by atoms with Gasteiger partial charge in [0.1, 0.15) is 6.17 Å². The fourth-order valence-electron chi connectivity index (χ4n) is 1.65. The Labute approximate surface area is 75.7 Å². The van der Waals surface area contributed by atoms with E-state index >= 15 is 0 Å². The molecule has 0 aliphatic carbocycles. The summed E-state index contributed by atoms with van der Waals surface area (Å²) in [6.07, 6.45) is 1.44. The van der Waals surface area contributed by atoms with Crippen LogP contribution in [0.4, 0.5) is 0 Å². The molecule has 1 N–H and O–H groups in total. The Bertz CT molecular complexity index is 123. The molecule has 0 amide bonds. The topological polar surface area (TPSA) is 18.5 Å². The largest absolute Gasteiger partial charge is 0.312 e. The second kappa shape index (κ2) is 4.80. The maximum absolute atomic E-state index is 3.39. The summed E-state index contributed by atoms with van der Waals surface area (Å²) in [6.45, 7) is 9.90. The van der Waals surface area contributed by atoms with Gasteiger partial charge in [-0.2, -0.15) is 0 Å². The van der Waals surface area contributed by atoms with E-state index in [0.29, 0.717) is 0 Å². The fourth-order valence-corrected chi connectivity index (χ4v) is 1.65. The highest BCUT2D eigenvalue weighted by Gasteiger charge is 2.23. The highest BCUT2D eigenvalue weighted by atomic mass is 15.4. The predicted molar refractivity (Wildman–Crippen MR) is 51.7 cm³/mol. The minimum atomic E-state index is 1.03. The summed E-state index contributed by atoms with van der Waals surface area (Å²) in [5.41, 5.74) is 0. The first-order valence-corrected chi connectivity index (χ1v) is 4.82. The average Bonchev–Trinajstić information content (AvgIpc) is 2.10. The van der Waals surface area contributed by atoms with Crippen LogP contribution in [-0.2, 0) is 0 Å². The van der Waals surface area contributed by atoms with E-state index in [1.807, 2.05) is 0 Å². The van der Waals surface area contributed by atoms with Gasteiger partial charge in [0.15, 0.2) is 0 Å². The minimum absolute atomic E-state index is 1.03. The standard InChI is InChI=1S/C9H20N3/c1-4-12(5-2)9-8-10-6-7-11(9)3/h10H,4-8H2,1-3H3. The van der Waals surface area contributed by atoms with Crippen molar-refractivity contribution in [1.82, 2.24) is 15.1 Å². The van der Waals surface area contributed by atoms with Crippen molar-refractivity contribution in [2.24, 2.45) is 0 Å². The van der Waals surface area contributed by atoms with Crippen molar-refractivity contribution in [3.63, 3.8) is 0 Å². The number of hydrogen-bond donors (Lipinski definition) is 1. The van der Waals surface area contributed by atoms with Gasteiger partial charge in [0.2, 0.25) is 0 Å². The molecule has 1 heterocycles. The molecule has 0 saturated carbocycles. The molecule has 12 heavy (non-hydrogen) atoms. The van der Waals surface area contributed by atoms with Crippen molar-refractivity contribution in [1.29, 1.82) is 0 Å². The quantitative estimate of drug-likeness (QED) is 0.659. The first-order valence-electron chi connectivity index (χ1n) is 4.82. The molecule has 1 radical (unpaired) electrons. The van der Waals surface area contributed by atoms with Gasteiger partial charge in [0.25, 0.3) is 0 Å². The van der Waals surface area contributed by atoms with Crippen LogP contribution in [0.2, 0.25) is 0 Å². The molecule has 71 valence electrons. The predicted octanol–water partition coefficient (Wildman–Crippen LogP) is 0.353. The van der Waals surface area contributed by atoms with Gasteiger partial charge >= 0.3 is 0 Å². The molecule has 0 aromatic carbocycles. The van der Waals surface area contributed by atoms with E-state index in [9.17, 15) is 0 Å². The molecular formula is C9H20N3. The lowest BCUT2D eigenvalue weighted by atomic mass is 10.3. The lowest BCUT2D eigenvalue weighted by molar-refractivity contribution is 0.142. The summed E-state index contributed by atoms with van der Waals surface area (Å²) < 4.78 is 0.